The number of hydrogen-bond donors (Lipinski definition) is 3. The number of aliphatic hydroxyl groups excluding tert-OH is 1. The third-order valence-corrected chi connectivity index (χ3v) is 17.1. The van der Waals surface area contributed by atoms with Crippen LogP contribution in [0.15, 0.2) is 0 Å². The molecule has 3 unspecified atom stereocenters. The lowest BCUT2D eigenvalue weighted by Crippen LogP contribution is -2.30. The minimum atomic E-state index is -4.95. The van der Waals surface area contributed by atoms with Crippen LogP contribution in [-0.4, -0.2) is 96.7 Å². The van der Waals surface area contributed by atoms with Crippen LogP contribution in [0.5, 0.6) is 0 Å². The maximum Gasteiger partial charge on any atom is 0.472 e. The van der Waals surface area contributed by atoms with Crippen molar-refractivity contribution in [1.82, 2.24) is 0 Å². The minimum absolute atomic E-state index is 0.101. The third-order valence-electron chi connectivity index (χ3n) is 15.2. The van der Waals surface area contributed by atoms with Crippen LogP contribution in [0.4, 0.5) is 0 Å². The first-order valence-electron chi connectivity index (χ1n) is 33.9. The van der Waals surface area contributed by atoms with Crippen molar-refractivity contribution in [3.8, 4) is 0 Å². The van der Waals surface area contributed by atoms with E-state index in [4.69, 9.17) is 37.0 Å². The summed E-state index contributed by atoms with van der Waals surface area (Å²) in [6.45, 7) is 11.7. The molecule has 0 aromatic carbocycles. The first kappa shape index (κ1) is 82.1. The normalized spacial score (nSPS) is 14.7. The van der Waals surface area contributed by atoms with E-state index in [2.05, 4.69) is 48.5 Å². The Kier molecular flexibility index (Phi) is 55.0. The predicted octanol–water partition coefficient (Wildman–Crippen LogP) is 17.9. The largest absolute Gasteiger partial charge is 0.472 e. The lowest BCUT2D eigenvalue weighted by molar-refractivity contribution is -0.161. The molecule has 0 amide bonds. The van der Waals surface area contributed by atoms with Gasteiger partial charge in [-0.25, -0.2) is 9.13 Å². The van der Waals surface area contributed by atoms with Gasteiger partial charge in [0.25, 0.3) is 0 Å². The van der Waals surface area contributed by atoms with Gasteiger partial charge in [-0.15, -0.1) is 0 Å². The molecular formula is C65H126O17P2. The number of rotatable bonds is 63. The summed E-state index contributed by atoms with van der Waals surface area (Å²) in [5, 5.41) is 10.5. The van der Waals surface area contributed by atoms with Gasteiger partial charge in [-0.3, -0.25) is 37.3 Å². The second-order valence-corrected chi connectivity index (χ2v) is 27.6. The Bertz CT molecular complexity index is 1670. The average molecular weight is 1240 g/mol. The van der Waals surface area contributed by atoms with Crippen LogP contribution < -0.4 is 0 Å². The Labute approximate surface area is 511 Å². The summed E-state index contributed by atoms with van der Waals surface area (Å²) in [4.78, 5) is 72.0. The van der Waals surface area contributed by atoms with Crippen molar-refractivity contribution in [3.05, 3.63) is 0 Å². The van der Waals surface area contributed by atoms with Crippen molar-refractivity contribution < 1.29 is 80.2 Å². The average Bonchev–Trinajstić information content (AvgIpc) is 3.50. The smallest absolute Gasteiger partial charge is 0.462 e. The first-order chi connectivity index (χ1) is 40.3. The van der Waals surface area contributed by atoms with Gasteiger partial charge in [-0.05, 0) is 43.4 Å². The van der Waals surface area contributed by atoms with Crippen LogP contribution in [0.25, 0.3) is 0 Å². The van der Waals surface area contributed by atoms with Gasteiger partial charge in [0.15, 0.2) is 12.2 Å². The molecule has 0 spiro atoms. The molecule has 0 radical (unpaired) electrons. The van der Waals surface area contributed by atoms with Crippen LogP contribution in [0.1, 0.15) is 318 Å². The maximum absolute atomic E-state index is 13.0. The van der Waals surface area contributed by atoms with E-state index in [1.165, 1.54) is 122 Å². The minimum Gasteiger partial charge on any atom is -0.462 e. The predicted molar refractivity (Wildman–Crippen MR) is 335 cm³/mol. The molecule has 0 heterocycles. The Morgan fingerprint density at radius 1 is 0.345 bits per heavy atom. The molecule has 19 heteroatoms. The van der Waals surface area contributed by atoms with Crippen molar-refractivity contribution in [2.24, 2.45) is 17.8 Å². The lowest BCUT2D eigenvalue weighted by Gasteiger charge is -2.21. The molecule has 3 N–H and O–H groups in total. The number of unbranched alkanes of at least 4 members (excludes halogenated alkanes) is 30. The van der Waals surface area contributed by atoms with Crippen LogP contribution in [-0.2, 0) is 65.4 Å². The second-order valence-electron chi connectivity index (χ2n) is 24.7. The zero-order valence-corrected chi connectivity index (χ0v) is 56.1. The highest BCUT2D eigenvalue weighted by atomic mass is 31.2. The van der Waals surface area contributed by atoms with E-state index in [1.807, 2.05) is 0 Å². The fraction of sp³-hybridized carbons (Fsp3) is 0.938. The van der Waals surface area contributed by atoms with E-state index in [-0.39, 0.29) is 25.7 Å². The van der Waals surface area contributed by atoms with Crippen LogP contribution in [0.3, 0.4) is 0 Å². The van der Waals surface area contributed by atoms with E-state index in [0.29, 0.717) is 31.6 Å². The first-order valence-corrected chi connectivity index (χ1v) is 36.9. The molecule has 0 aromatic rings. The zero-order valence-electron chi connectivity index (χ0n) is 54.4. The molecule has 17 nitrogen and oxygen atoms in total. The summed E-state index contributed by atoms with van der Waals surface area (Å²) < 4.78 is 67.8. The summed E-state index contributed by atoms with van der Waals surface area (Å²) >= 11 is 0. The molecular weight excluding hydrogens is 1110 g/mol. The fourth-order valence-corrected chi connectivity index (χ4v) is 11.2. The SMILES string of the molecule is CCCCCCCC(=O)OC[C@H](COP(=O)(O)OC[C@H](O)COP(=O)(O)OC[C@@H](COC(=O)CCCCCCCCCCCCC(C)CC)OC(=O)CCCCCCCCCCCCCCCC(C)C)OC(=O)CCCCCCCCC(C)C. The van der Waals surface area contributed by atoms with Crippen molar-refractivity contribution in [2.75, 3.05) is 39.6 Å². The highest BCUT2D eigenvalue weighted by Gasteiger charge is 2.30. The molecule has 0 aromatic heterocycles. The summed E-state index contributed by atoms with van der Waals surface area (Å²) in [5.74, 6) is 0.118. The molecule has 0 saturated heterocycles. The highest BCUT2D eigenvalue weighted by molar-refractivity contribution is 7.47. The molecule has 0 aliphatic rings. The Morgan fingerprint density at radius 3 is 0.905 bits per heavy atom. The summed E-state index contributed by atoms with van der Waals surface area (Å²) in [6, 6.07) is 0. The van der Waals surface area contributed by atoms with Gasteiger partial charge < -0.3 is 33.8 Å². The van der Waals surface area contributed by atoms with Crippen molar-refractivity contribution in [2.45, 2.75) is 336 Å². The quantitative estimate of drug-likeness (QED) is 0.0222. The van der Waals surface area contributed by atoms with Gasteiger partial charge in [0, 0.05) is 25.7 Å². The van der Waals surface area contributed by atoms with Gasteiger partial charge in [0.2, 0.25) is 0 Å². The van der Waals surface area contributed by atoms with Gasteiger partial charge in [0.1, 0.15) is 19.3 Å². The molecule has 0 rings (SSSR count). The second kappa shape index (κ2) is 56.3. The van der Waals surface area contributed by atoms with Gasteiger partial charge in [-0.2, -0.15) is 0 Å². The van der Waals surface area contributed by atoms with Crippen LogP contribution >= 0.6 is 15.6 Å². The number of carbonyl (C=O) groups excluding carboxylic acids is 4. The van der Waals surface area contributed by atoms with E-state index in [0.717, 1.165) is 108 Å². The van der Waals surface area contributed by atoms with Crippen molar-refractivity contribution in [1.29, 1.82) is 0 Å². The van der Waals surface area contributed by atoms with E-state index in [9.17, 15) is 43.2 Å². The summed E-state index contributed by atoms with van der Waals surface area (Å²) in [7, 11) is -9.88. The molecule has 0 saturated carbocycles. The number of esters is 4. The zero-order chi connectivity index (χ0) is 62.4. The number of hydrogen-bond acceptors (Lipinski definition) is 15. The molecule has 0 aliphatic carbocycles. The number of phosphoric acid groups is 2. The highest BCUT2D eigenvalue weighted by Crippen LogP contribution is 2.45. The summed E-state index contributed by atoms with van der Waals surface area (Å²) in [5.41, 5.74) is 0. The van der Waals surface area contributed by atoms with Crippen molar-refractivity contribution >= 4 is 39.5 Å². The maximum atomic E-state index is 13.0. The lowest BCUT2D eigenvalue weighted by atomic mass is 9.99. The van der Waals surface area contributed by atoms with Crippen LogP contribution in [0, 0.1) is 17.8 Å². The van der Waals surface area contributed by atoms with Crippen molar-refractivity contribution in [3.63, 3.8) is 0 Å². The van der Waals surface area contributed by atoms with E-state index >= 15 is 0 Å². The molecule has 84 heavy (non-hydrogen) atoms. The van der Waals surface area contributed by atoms with E-state index in [1.54, 1.807) is 0 Å². The third kappa shape index (κ3) is 57.8. The van der Waals surface area contributed by atoms with Gasteiger partial charge in [-0.1, -0.05) is 267 Å². The molecule has 0 fully saturated rings. The molecule has 6 atom stereocenters. The Hall–Kier alpha value is -1.94. The number of phosphoric ester groups is 2. The van der Waals surface area contributed by atoms with Gasteiger partial charge >= 0.3 is 39.5 Å². The van der Waals surface area contributed by atoms with Gasteiger partial charge in [0.05, 0.1) is 26.4 Å². The molecule has 0 aliphatic heterocycles. The Morgan fingerprint density at radius 2 is 0.607 bits per heavy atom. The topological polar surface area (TPSA) is 237 Å². The monoisotopic (exact) mass is 1240 g/mol. The van der Waals surface area contributed by atoms with Crippen LogP contribution in [0.2, 0.25) is 0 Å². The summed E-state index contributed by atoms with van der Waals surface area (Å²) in [6.07, 6.45) is 38.0. The standard InChI is InChI=1S/C65H126O17P2/c1-8-10-11-29-39-46-62(67)75-52-60(82-65(70)49-42-35-28-27-31-37-44-57(5)6)54-79-83(71,72)77-50-59(66)51-78-84(73,74)80-55-61(53-76-63(68)47-40-33-25-21-18-17-20-24-32-38-45-58(7)9-2)81-64(69)48-41-34-26-22-16-14-12-13-15-19-23-30-36-43-56(3)4/h56-61,66H,8-55H2,1-7H3,(H,71,72)(H,73,74)/t58?,59-,60+,61+/m0/s1. The number of ether oxygens (including phenoxy) is 4. The Balaban J connectivity index is 5.18. The fourth-order valence-electron chi connectivity index (χ4n) is 9.62. The van der Waals surface area contributed by atoms with E-state index < -0.39 is 97.5 Å². The molecule has 0 bridgehead atoms. The number of carbonyl (C=O) groups is 4. The molecule has 498 valence electrons. The number of aliphatic hydroxyl groups is 1.